The minimum absolute atomic E-state index is 0.292. The second-order valence-corrected chi connectivity index (χ2v) is 7.14. The van der Waals surface area contributed by atoms with Gasteiger partial charge in [0.2, 0.25) is 0 Å². The fourth-order valence-electron chi connectivity index (χ4n) is 3.58. The predicted molar refractivity (Wildman–Crippen MR) is 91.9 cm³/mol. The van der Waals surface area contributed by atoms with Gasteiger partial charge in [0.05, 0.1) is 23.0 Å². The Labute approximate surface area is 150 Å². The summed E-state index contributed by atoms with van der Waals surface area (Å²) in [6, 6.07) is 3.33. The number of hydrogen-bond acceptors (Lipinski definition) is 4. The Bertz CT molecular complexity index is 765. The van der Waals surface area contributed by atoms with Crippen LogP contribution in [0.2, 0.25) is 5.02 Å². The first kappa shape index (κ1) is 16.7. The minimum atomic E-state index is -0.727. The van der Waals surface area contributed by atoms with Gasteiger partial charge in [-0.2, -0.15) is 5.10 Å². The van der Waals surface area contributed by atoms with Crippen molar-refractivity contribution in [3.8, 4) is 0 Å². The second kappa shape index (κ2) is 6.88. The average Bonchev–Trinajstić information content (AvgIpc) is 3.08. The van der Waals surface area contributed by atoms with E-state index in [0.717, 1.165) is 30.9 Å². The van der Waals surface area contributed by atoms with Crippen LogP contribution in [0.25, 0.3) is 0 Å². The number of likely N-dealkylation sites (tertiary alicyclic amines) is 1. The molecule has 2 aliphatic heterocycles. The molecule has 134 valence electrons. The summed E-state index contributed by atoms with van der Waals surface area (Å²) in [7, 11) is 0. The van der Waals surface area contributed by atoms with Crippen LogP contribution in [-0.4, -0.2) is 45.5 Å². The number of nitrogens with zero attached hydrogens (tertiary/aromatic N) is 5. The van der Waals surface area contributed by atoms with Crippen molar-refractivity contribution in [2.45, 2.75) is 38.6 Å². The van der Waals surface area contributed by atoms with Crippen molar-refractivity contribution in [3.63, 3.8) is 0 Å². The second-order valence-electron chi connectivity index (χ2n) is 6.71. The Morgan fingerprint density at radius 3 is 2.88 bits per heavy atom. The first-order chi connectivity index (χ1) is 12.1. The molecule has 0 saturated carbocycles. The van der Waals surface area contributed by atoms with E-state index in [9.17, 15) is 8.78 Å². The highest BCUT2D eigenvalue weighted by Crippen LogP contribution is 2.24. The molecule has 0 bridgehead atoms. The maximum Gasteiger partial charge on any atom is 0.167 e. The summed E-state index contributed by atoms with van der Waals surface area (Å²) in [6.45, 7) is 3.95. The van der Waals surface area contributed by atoms with E-state index < -0.39 is 12.0 Å². The molecule has 2 aromatic heterocycles. The molecular formula is C17H20ClF2N5. The Balaban J connectivity index is 1.52. The summed E-state index contributed by atoms with van der Waals surface area (Å²) in [5, 5.41) is 4.95. The van der Waals surface area contributed by atoms with Crippen molar-refractivity contribution in [3.05, 3.63) is 40.6 Å². The van der Waals surface area contributed by atoms with Gasteiger partial charge in [0.1, 0.15) is 6.17 Å². The molecule has 2 aliphatic rings. The summed E-state index contributed by atoms with van der Waals surface area (Å²) in [5.74, 6) is -0.0906. The van der Waals surface area contributed by atoms with E-state index in [2.05, 4.69) is 15.0 Å². The van der Waals surface area contributed by atoms with Crippen molar-refractivity contribution < 1.29 is 8.78 Å². The molecule has 0 radical (unpaired) electrons. The number of aromatic nitrogens is 3. The van der Waals surface area contributed by atoms with Gasteiger partial charge in [-0.25, -0.2) is 13.8 Å². The van der Waals surface area contributed by atoms with E-state index in [-0.39, 0.29) is 0 Å². The molecule has 0 amide bonds. The van der Waals surface area contributed by atoms with Gasteiger partial charge >= 0.3 is 0 Å². The molecule has 1 atom stereocenters. The van der Waals surface area contributed by atoms with Crippen molar-refractivity contribution in [1.82, 2.24) is 19.7 Å². The van der Waals surface area contributed by atoms with Gasteiger partial charge in [0, 0.05) is 38.9 Å². The summed E-state index contributed by atoms with van der Waals surface area (Å²) >= 11 is 5.80. The average molecular weight is 368 g/mol. The fraction of sp³-hybridized carbons (Fsp3) is 0.529. The maximum absolute atomic E-state index is 14.2. The molecule has 25 heavy (non-hydrogen) atoms. The number of halogens is 3. The van der Waals surface area contributed by atoms with Gasteiger partial charge < -0.3 is 4.90 Å². The highest BCUT2D eigenvalue weighted by Gasteiger charge is 2.24. The number of rotatable bonds is 3. The standard InChI is InChI=1S/C17H20ClF2N5/c18-12-6-16(20)17(21-8-12)24-3-1-4-25-15(11-24)7-14(22-25)10-23-5-2-13(19)9-23/h6-8,13H,1-5,9-11H2/t13-/m0/s1. The van der Waals surface area contributed by atoms with E-state index in [0.29, 0.717) is 43.4 Å². The van der Waals surface area contributed by atoms with Gasteiger partial charge in [-0.1, -0.05) is 11.6 Å². The first-order valence-electron chi connectivity index (χ1n) is 8.56. The molecule has 8 heteroatoms. The van der Waals surface area contributed by atoms with Gasteiger partial charge in [-0.15, -0.1) is 0 Å². The molecular weight excluding hydrogens is 348 g/mol. The van der Waals surface area contributed by atoms with Crippen molar-refractivity contribution in [2.75, 3.05) is 24.5 Å². The van der Waals surface area contributed by atoms with Gasteiger partial charge in [-0.3, -0.25) is 9.58 Å². The lowest BCUT2D eigenvalue weighted by Crippen LogP contribution is -2.24. The lowest BCUT2D eigenvalue weighted by molar-refractivity contribution is 0.279. The number of anilines is 1. The van der Waals surface area contributed by atoms with Crippen LogP contribution in [0.5, 0.6) is 0 Å². The van der Waals surface area contributed by atoms with Gasteiger partial charge in [-0.05, 0) is 25.0 Å². The zero-order valence-corrected chi connectivity index (χ0v) is 14.6. The fourth-order valence-corrected chi connectivity index (χ4v) is 3.72. The van der Waals surface area contributed by atoms with Crippen LogP contribution >= 0.6 is 11.6 Å². The van der Waals surface area contributed by atoms with Crippen LogP contribution < -0.4 is 4.90 Å². The smallest absolute Gasteiger partial charge is 0.167 e. The summed E-state index contributed by atoms with van der Waals surface area (Å²) in [5.41, 5.74) is 1.97. The van der Waals surface area contributed by atoms with Gasteiger partial charge in [0.15, 0.2) is 11.6 Å². The molecule has 0 aromatic carbocycles. The minimum Gasteiger partial charge on any atom is -0.348 e. The lowest BCUT2D eigenvalue weighted by Gasteiger charge is -2.21. The lowest BCUT2D eigenvalue weighted by atomic mass is 10.3. The van der Waals surface area contributed by atoms with Crippen LogP contribution in [0.1, 0.15) is 24.2 Å². The number of alkyl halides is 1. The molecule has 0 aliphatic carbocycles. The summed E-state index contributed by atoms with van der Waals surface area (Å²) < 4.78 is 29.5. The maximum atomic E-state index is 14.2. The molecule has 2 aromatic rings. The predicted octanol–water partition coefficient (Wildman–Crippen LogP) is 3.02. The highest BCUT2D eigenvalue weighted by atomic mass is 35.5. The largest absolute Gasteiger partial charge is 0.348 e. The summed E-state index contributed by atoms with van der Waals surface area (Å²) in [6.07, 6.45) is 2.19. The van der Waals surface area contributed by atoms with Crippen LogP contribution in [0.15, 0.2) is 18.3 Å². The van der Waals surface area contributed by atoms with Crippen LogP contribution in [0.3, 0.4) is 0 Å². The monoisotopic (exact) mass is 367 g/mol. The van der Waals surface area contributed by atoms with E-state index in [1.165, 1.54) is 12.3 Å². The van der Waals surface area contributed by atoms with E-state index >= 15 is 0 Å². The molecule has 1 fully saturated rings. The molecule has 4 rings (SSSR count). The molecule has 0 spiro atoms. The van der Waals surface area contributed by atoms with Crippen molar-refractivity contribution in [2.24, 2.45) is 0 Å². The molecule has 0 unspecified atom stereocenters. The Hall–Kier alpha value is -1.73. The van der Waals surface area contributed by atoms with Crippen molar-refractivity contribution >= 4 is 17.4 Å². The third kappa shape index (κ3) is 3.62. The van der Waals surface area contributed by atoms with Crippen molar-refractivity contribution in [1.29, 1.82) is 0 Å². The number of hydrogen-bond donors (Lipinski definition) is 0. The molecule has 4 heterocycles. The number of pyridine rings is 1. The highest BCUT2D eigenvalue weighted by molar-refractivity contribution is 6.30. The molecule has 0 N–H and O–H groups in total. The SMILES string of the molecule is Fc1cc(Cl)cnc1N1CCCn2nc(CN3CC[C@H](F)C3)cc2C1. The first-order valence-corrected chi connectivity index (χ1v) is 8.94. The van der Waals surface area contributed by atoms with Crippen LogP contribution in [-0.2, 0) is 19.6 Å². The third-order valence-corrected chi connectivity index (χ3v) is 4.96. The zero-order valence-electron chi connectivity index (χ0n) is 13.8. The molecule has 5 nitrogen and oxygen atoms in total. The topological polar surface area (TPSA) is 37.2 Å². The molecule has 1 saturated heterocycles. The van der Waals surface area contributed by atoms with E-state index in [4.69, 9.17) is 11.6 Å². The number of aryl methyl sites for hydroxylation is 1. The van der Waals surface area contributed by atoms with E-state index in [1.807, 2.05) is 15.6 Å². The number of fused-ring (bicyclic) bond motifs is 1. The van der Waals surface area contributed by atoms with Gasteiger partial charge in [0.25, 0.3) is 0 Å². The Kier molecular flexibility index (Phi) is 4.60. The van der Waals surface area contributed by atoms with Crippen LogP contribution in [0.4, 0.5) is 14.6 Å². The Morgan fingerprint density at radius 2 is 2.12 bits per heavy atom. The third-order valence-electron chi connectivity index (χ3n) is 4.75. The Morgan fingerprint density at radius 1 is 1.24 bits per heavy atom. The van der Waals surface area contributed by atoms with E-state index in [1.54, 1.807) is 0 Å². The van der Waals surface area contributed by atoms with Crippen LogP contribution in [0, 0.1) is 5.82 Å². The quantitative estimate of drug-likeness (QED) is 0.835. The zero-order chi connectivity index (χ0) is 17.4. The summed E-state index contributed by atoms with van der Waals surface area (Å²) in [4.78, 5) is 8.16. The normalized spacial score (nSPS) is 21.4.